The van der Waals surface area contributed by atoms with Crippen LogP contribution in [0.5, 0.6) is 0 Å². The van der Waals surface area contributed by atoms with Crippen LogP contribution >= 0.6 is 23.1 Å². The Morgan fingerprint density at radius 2 is 2.69 bits per heavy atom. The van der Waals surface area contributed by atoms with Crippen LogP contribution in [0.1, 0.15) is 12.8 Å². The van der Waals surface area contributed by atoms with E-state index in [4.69, 9.17) is 0 Å². The number of nitrogens with zero attached hydrogens (tertiary/aromatic N) is 2. The molecular weight excluding hydrogens is 202 g/mol. The summed E-state index contributed by atoms with van der Waals surface area (Å²) in [6, 6.07) is 0. The molecule has 0 spiro atoms. The summed E-state index contributed by atoms with van der Waals surface area (Å²) in [6.07, 6.45) is 2.68. The van der Waals surface area contributed by atoms with Crippen molar-refractivity contribution in [3.05, 3.63) is 5.51 Å². The van der Waals surface area contributed by atoms with Gasteiger partial charge in [0, 0.05) is 5.75 Å². The standard InChI is InChI=1S/C8H13N3S2/c1-2-7(4-9-3-1)5-12-8-11-10-6-13-8/h6-7,9H,1-5H2. The van der Waals surface area contributed by atoms with Gasteiger partial charge in [0.2, 0.25) is 0 Å². The third-order valence-corrected chi connectivity index (χ3v) is 4.27. The molecule has 1 fully saturated rings. The molecule has 72 valence electrons. The zero-order chi connectivity index (χ0) is 8.93. The highest BCUT2D eigenvalue weighted by atomic mass is 32.2. The summed E-state index contributed by atoms with van der Waals surface area (Å²) in [5.41, 5.74) is 1.79. The maximum atomic E-state index is 4.01. The number of rotatable bonds is 3. The molecule has 0 aromatic carbocycles. The Balaban J connectivity index is 1.72. The van der Waals surface area contributed by atoms with Crippen molar-refractivity contribution in [2.75, 3.05) is 18.8 Å². The van der Waals surface area contributed by atoms with Gasteiger partial charge < -0.3 is 5.32 Å². The molecule has 1 unspecified atom stereocenters. The minimum absolute atomic E-state index is 0.822. The smallest absolute Gasteiger partial charge is 0.174 e. The molecule has 1 aliphatic rings. The minimum atomic E-state index is 0.822. The van der Waals surface area contributed by atoms with Gasteiger partial charge >= 0.3 is 0 Å². The van der Waals surface area contributed by atoms with Crippen LogP contribution in [-0.4, -0.2) is 29.0 Å². The van der Waals surface area contributed by atoms with Crippen LogP contribution in [-0.2, 0) is 0 Å². The first-order chi connectivity index (χ1) is 6.45. The average molecular weight is 215 g/mol. The minimum Gasteiger partial charge on any atom is -0.316 e. The topological polar surface area (TPSA) is 37.8 Å². The first kappa shape index (κ1) is 9.43. The van der Waals surface area contributed by atoms with Gasteiger partial charge in [0.15, 0.2) is 4.34 Å². The zero-order valence-electron chi connectivity index (χ0n) is 7.40. The van der Waals surface area contributed by atoms with Crippen molar-refractivity contribution in [3.8, 4) is 0 Å². The van der Waals surface area contributed by atoms with E-state index in [1.54, 1.807) is 16.8 Å². The van der Waals surface area contributed by atoms with Crippen molar-refractivity contribution in [2.45, 2.75) is 17.2 Å². The summed E-state index contributed by atoms with van der Waals surface area (Å²) in [5.74, 6) is 2.00. The highest BCUT2D eigenvalue weighted by Gasteiger charge is 2.13. The maximum absolute atomic E-state index is 4.01. The third kappa shape index (κ3) is 2.93. The van der Waals surface area contributed by atoms with Gasteiger partial charge in [0.25, 0.3) is 0 Å². The molecule has 1 aromatic rings. The van der Waals surface area contributed by atoms with Crippen LogP contribution in [0.15, 0.2) is 9.85 Å². The van der Waals surface area contributed by atoms with Crippen molar-refractivity contribution in [2.24, 2.45) is 5.92 Å². The predicted octanol–water partition coefficient (Wildman–Crippen LogP) is 1.63. The SMILES string of the molecule is c1nnc(SCC2CCCNC2)s1. The fourth-order valence-electron chi connectivity index (χ4n) is 1.48. The molecule has 0 radical (unpaired) electrons. The molecule has 1 saturated heterocycles. The Kier molecular flexibility index (Phi) is 3.57. The number of piperidine rings is 1. The van der Waals surface area contributed by atoms with E-state index in [1.165, 1.54) is 31.7 Å². The maximum Gasteiger partial charge on any atom is 0.174 e. The van der Waals surface area contributed by atoms with Crippen LogP contribution in [0.2, 0.25) is 0 Å². The van der Waals surface area contributed by atoms with Crippen LogP contribution < -0.4 is 5.32 Å². The lowest BCUT2D eigenvalue weighted by Crippen LogP contribution is -2.30. The first-order valence-electron chi connectivity index (χ1n) is 4.55. The van der Waals surface area contributed by atoms with Crippen LogP contribution in [0.25, 0.3) is 0 Å². The second-order valence-electron chi connectivity index (χ2n) is 3.23. The highest BCUT2D eigenvalue weighted by Crippen LogP contribution is 2.24. The molecule has 1 aromatic heterocycles. The van der Waals surface area contributed by atoms with Crippen LogP contribution in [0.3, 0.4) is 0 Å². The lowest BCUT2D eigenvalue weighted by Gasteiger charge is -2.21. The van der Waals surface area contributed by atoms with Gasteiger partial charge in [-0.2, -0.15) is 0 Å². The van der Waals surface area contributed by atoms with E-state index in [0.29, 0.717) is 0 Å². The quantitative estimate of drug-likeness (QED) is 0.778. The Morgan fingerprint density at radius 3 is 3.38 bits per heavy atom. The van der Waals surface area contributed by atoms with Gasteiger partial charge in [-0.05, 0) is 31.8 Å². The van der Waals surface area contributed by atoms with Crippen LogP contribution in [0.4, 0.5) is 0 Å². The summed E-state index contributed by atoms with van der Waals surface area (Å²) >= 11 is 3.47. The van der Waals surface area contributed by atoms with Gasteiger partial charge in [-0.3, -0.25) is 0 Å². The summed E-state index contributed by atoms with van der Waals surface area (Å²) in [4.78, 5) is 0. The van der Waals surface area contributed by atoms with Crippen molar-refractivity contribution in [1.82, 2.24) is 15.5 Å². The number of hydrogen-bond acceptors (Lipinski definition) is 5. The molecule has 5 heteroatoms. The Bertz CT molecular complexity index is 232. The monoisotopic (exact) mass is 215 g/mol. The van der Waals surface area contributed by atoms with E-state index in [-0.39, 0.29) is 0 Å². The third-order valence-electron chi connectivity index (χ3n) is 2.18. The second-order valence-corrected chi connectivity index (χ2v) is 5.33. The van der Waals surface area contributed by atoms with E-state index in [2.05, 4.69) is 15.5 Å². The van der Waals surface area contributed by atoms with E-state index >= 15 is 0 Å². The molecule has 1 N–H and O–H groups in total. The number of thioether (sulfide) groups is 1. The highest BCUT2D eigenvalue weighted by molar-refractivity contribution is 8.01. The molecule has 0 bridgehead atoms. The van der Waals surface area contributed by atoms with Gasteiger partial charge in [-0.15, -0.1) is 10.2 Å². The Morgan fingerprint density at radius 1 is 1.69 bits per heavy atom. The van der Waals surface area contributed by atoms with Crippen molar-refractivity contribution >= 4 is 23.1 Å². The average Bonchev–Trinajstić information content (AvgIpc) is 2.69. The van der Waals surface area contributed by atoms with Crippen molar-refractivity contribution in [1.29, 1.82) is 0 Å². The molecule has 2 rings (SSSR count). The van der Waals surface area contributed by atoms with Gasteiger partial charge in [0.05, 0.1) is 0 Å². The fourth-order valence-corrected chi connectivity index (χ4v) is 3.13. The number of hydrogen-bond donors (Lipinski definition) is 1. The number of aromatic nitrogens is 2. The second kappa shape index (κ2) is 4.93. The van der Waals surface area contributed by atoms with E-state index < -0.39 is 0 Å². The fraction of sp³-hybridized carbons (Fsp3) is 0.750. The predicted molar refractivity (Wildman–Crippen MR) is 56.2 cm³/mol. The molecule has 1 aliphatic heterocycles. The van der Waals surface area contributed by atoms with E-state index in [9.17, 15) is 0 Å². The van der Waals surface area contributed by atoms with E-state index in [0.717, 1.165) is 10.3 Å². The first-order valence-corrected chi connectivity index (χ1v) is 6.41. The molecular formula is C8H13N3S2. The van der Waals surface area contributed by atoms with Crippen LogP contribution in [0, 0.1) is 5.92 Å². The number of nitrogens with one attached hydrogen (secondary N) is 1. The van der Waals surface area contributed by atoms with Crippen molar-refractivity contribution < 1.29 is 0 Å². The molecule has 13 heavy (non-hydrogen) atoms. The molecule has 0 aliphatic carbocycles. The summed E-state index contributed by atoms with van der Waals surface area (Å²) in [6.45, 7) is 2.37. The zero-order valence-corrected chi connectivity index (χ0v) is 9.03. The Hall–Kier alpha value is -0.130. The molecule has 0 amide bonds. The molecule has 0 saturated carbocycles. The van der Waals surface area contributed by atoms with E-state index in [1.807, 2.05) is 11.8 Å². The lowest BCUT2D eigenvalue weighted by molar-refractivity contribution is 0.410. The van der Waals surface area contributed by atoms with Crippen molar-refractivity contribution in [3.63, 3.8) is 0 Å². The summed E-state index contributed by atoms with van der Waals surface area (Å²) in [7, 11) is 0. The molecule has 2 heterocycles. The molecule has 1 atom stereocenters. The van der Waals surface area contributed by atoms with Gasteiger partial charge in [0.1, 0.15) is 5.51 Å². The largest absolute Gasteiger partial charge is 0.316 e. The molecule has 3 nitrogen and oxygen atoms in total. The normalized spacial score (nSPS) is 23.2. The summed E-state index contributed by atoms with van der Waals surface area (Å²) < 4.78 is 1.10. The lowest BCUT2D eigenvalue weighted by atomic mass is 10.0. The van der Waals surface area contributed by atoms with Gasteiger partial charge in [-0.25, -0.2) is 0 Å². The summed E-state index contributed by atoms with van der Waals surface area (Å²) in [5, 5.41) is 11.2. The van der Waals surface area contributed by atoms with Gasteiger partial charge in [-0.1, -0.05) is 23.1 Å². The Labute approximate surface area is 86.3 Å².